The minimum atomic E-state index is -4.16. The van der Waals surface area contributed by atoms with Crippen LogP contribution in [-0.2, 0) is 24.1 Å². The molecule has 0 saturated heterocycles. The van der Waals surface area contributed by atoms with E-state index in [1.807, 2.05) is 6.92 Å². The Bertz CT molecular complexity index is 265. The van der Waals surface area contributed by atoms with E-state index in [2.05, 4.69) is 15.5 Å². The molecule has 0 bridgehead atoms. The maximum Gasteiger partial charge on any atom is 0.397 e. The van der Waals surface area contributed by atoms with Gasteiger partial charge in [-0.2, -0.15) is 8.42 Å². The Hall–Kier alpha value is -0.920. The summed E-state index contributed by atoms with van der Waals surface area (Å²) in [6.45, 7) is 5.33. The Morgan fingerprint density at radius 2 is 1.79 bits per heavy atom. The zero-order chi connectivity index (χ0) is 11.8. The molecule has 0 aromatic rings. The van der Waals surface area contributed by atoms with Crippen molar-refractivity contribution >= 4 is 16.4 Å². The van der Waals surface area contributed by atoms with Crippen molar-refractivity contribution < 1.29 is 26.7 Å². The summed E-state index contributed by atoms with van der Waals surface area (Å²) in [5.41, 5.74) is 0.521. The molecule has 0 unspecified atom stereocenters. The van der Waals surface area contributed by atoms with Crippen LogP contribution in [-0.4, -0.2) is 33.2 Å². The molecule has 6 nitrogen and oxygen atoms in total. The predicted molar refractivity (Wildman–Crippen MR) is 50.0 cm³/mol. The SMILES string of the molecule is C=C(CC)C(=O)OC.COS(=O)(=O)O. The number of methoxy groups -OCH3 is 1. The summed E-state index contributed by atoms with van der Waals surface area (Å²) in [6, 6.07) is 0. The van der Waals surface area contributed by atoms with Gasteiger partial charge in [-0.25, -0.2) is 4.79 Å². The van der Waals surface area contributed by atoms with Gasteiger partial charge in [-0.1, -0.05) is 13.5 Å². The van der Waals surface area contributed by atoms with Crippen LogP contribution >= 0.6 is 0 Å². The van der Waals surface area contributed by atoms with Crippen LogP contribution in [0.15, 0.2) is 12.2 Å². The first-order valence-electron chi connectivity index (χ1n) is 3.57. The van der Waals surface area contributed by atoms with Crippen molar-refractivity contribution in [1.82, 2.24) is 0 Å². The van der Waals surface area contributed by atoms with E-state index in [9.17, 15) is 13.2 Å². The molecule has 0 rings (SSSR count). The van der Waals surface area contributed by atoms with Gasteiger partial charge in [0.05, 0.1) is 14.2 Å². The quantitative estimate of drug-likeness (QED) is 0.429. The third-order valence-electron chi connectivity index (χ3n) is 1.11. The lowest BCUT2D eigenvalue weighted by Gasteiger charge is -1.95. The van der Waals surface area contributed by atoms with Crippen LogP contribution in [0.25, 0.3) is 0 Å². The first kappa shape index (κ1) is 15.5. The molecular formula is C7H14O6S. The average molecular weight is 226 g/mol. The van der Waals surface area contributed by atoms with Gasteiger partial charge in [-0.3, -0.25) is 8.74 Å². The van der Waals surface area contributed by atoms with E-state index >= 15 is 0 Å². The summed E-state index contributed by atoms with van der Waals surface area (Å²) in [4.78, 5) is 10.4. The third kappa shape index (κ3) is 11.1. The number of ether oxygens (including phenoxy) is 1. The molecule has 0 aliphatic heterocycles. The Labute approximate surface area is 83.5 Å². The molecule has 1 N–H and O–H groups in total. The van der Waals surface area contributed by atoms with Gasteiger partial charge in [0.2, 0.25) is 0 Å². The fourth-order valence-electron chi connectivity index (χ4n) is 0.289. The van der Waals surface area contributed by atoms with Crippen molar-refractivity contribution in [3.05, 3.63) is 12.2 Å². The standard InChI is InChI=1S/C6H10O2.CH4O4S/c1-4-5(2)6(7)8-3;1-5-6(2,3)4/h2,4H2,1,3H3;1H3,(H,2,3,4). The fraction of sp³-hybridized carbons (Fsp3) is 0.571. The van der Waals surface area contributed by atoms with Crippen LogP contribution < -0.4 is 0 Å². The van der Waals surface area contributed by atoms with Gasteiger partial charge in [0, 0.05) is 5.57 Å². The first-order valence-corrected chi connectivity index (χ1v) is 4.94. The molecule has 84 valence electrons. The van der Waals surface area contributed by atoms with Gasteiger partial charge in [0.25, 0.3) is 0 Å². The zero-order valence-electron chi connectivity index (χ0n) is 8.31. The topological polar surface area (TPSA) is 89.9 Å². The zero-order valence-corrected chi connectivity index (χ0v) is 9.13. The second kappa shape index (κ2) is 7.48. The lowest BCUT2D eigenvalue weighted by Crippen LogP contribution is -2.01. The van der Waals surface area contributed by atoms with Gasteiger partial charge in [-0.05, 0) is 6.42 Å². The monoisotopic (exact) mass is 226 g/mol. The van der Waals surface area contributed by atoms with Crippen LogP contribution in [0, 0.1) is 0 Å². The smallest absolute Gasteiger partial charge is 0.397 e. The molecule has 0 aromatic heterocycles. The van der Waals surface area contributed by atoms with E-state index in [0.29, 0.717) is 12.0 Å². The van der Waals surface area contributed by atoms with Crippen LogP contribution in [0.5, 0.6) is 0 Å². The Morgan fingerprint density at radius 1 is 1.43 bits per heavy atom. The molecule has 0 saturated carbocycles. The molecule has 0 fully saturated rings. The van der Waals surface area contributed by atoms with Crippen molar-refractivity contribution in [2.45, 2.75) is 13.3 Å². The number of carbonyl (C=O) groups is 1. The highest BCUT2D eigenvalue weighted by Gasteiger charge is 2.00. The Morgan fingerprint density at radius 3 is 1.86 bits per heavy atom. The van der Waals surface area contributed by atoms with Crippen LogP contribution in [0.4, 0.5) is 0 Å². The van der Waals surface area contributed by atoms with Gasteiger partial charge in [0.15, 0.2) is 0 Å². The molecule has 0 aliphatic rings. The number of rotatable bonds is 3. The summed E-state index contributed by atoms with van der Waals surface area (Å²) in [7, 11) is -1.94. The molecule has 0 aromatic carbocycles. The van der Waals surface area contributed by atoms with Crippen molar-refractivity contribution in [1.29, 1.82) is 0 Å². The number of hydrogen-bond donors (Lipinski definition) is 1. The first-order chi connectivity index (χ1) is 6.28. The lowest BCUT2D eigenvalue weighted by molar-refractivity contribution is -0.136. The maximum absolute atomic E-state index is 10.4. The van der Waals surface area contributed by atoms with Crippen LogP contribution in [0.1, 0.15) is 13.3 Å². The fourth-order valence-corrected chi connectivity index (χ4v) is 0.289. The third-order valence-corrected chi connectivity index (χ3v) is 1.53. The summed E-state index contributed by atoms with van der Waals surface area (Å²) >= 11 is 0. The van der Waals surface area contributed by atoms with E-state index in [1.165, 1.54) is 7.11 Å². The summed E-state index contributed by atoms with van der Waals surface area (Å²) < 4.78 is 34.1. The van der Waals surface area contributed by atoms with E-state index in [4.69, 9.17) is 4.55 Å². The van der Waals surface area contributed by atoms with E-state index in [-0.39, 0.29) is 5.97 Å². The highest BCUT2D eigenvalue weighted by atomic mass is 32.3. The highest BCUT2D eigenvalue weighted by molar-refractivity contribution is 7.80. The van der Waals surface area contributed by atoms with Gasteiger partial charge in [-0.15, -0.1) is 0 Å². The minimum Gasteiger partial charge on any atom is -0.466 e. The Kier molecular flexibility index (Phi) is 8.31. The lowest BCUT2D eigenvalue weighted by atomic mass is 10.2. The molecule has 0 heterocycles. The molecular weight excluding hydrogens is 212 g/mol. The molecule has 0 amide bonds. The number of hydrogen-bond acceptors (Lipinski definition) is 5. The van der Waals surface area contributed by atoms with Crippen molar-refractivity contribution in [2.24, 2.45) is 0 Å². The van der Waals surface area contributed by atoms with Gasteiger partial charge < -0.3 is 4.74 Å². The second-order valence-electron chi connectivity index (χ2n) is 2.04. The maximum atomic E-state index is 10.4. The summed E-state index contributed by atoms with van der Waals surface area (Å²) in [6.07, 6.45) is 0.659. The molecule has 0 atom stereocenters. The minimum absolute atomic E-state index is 0.312. The Balaban J connectivity index is 0. The molecule has 0 radical (unpaired) electrons. The summed E-state index contributed by atoms with van der Waals surface area (Å²) in [5, 5.41) is 0. The number of esters is 1. The van der Waals surface area contributed by atoms with Crippen molar-refractivity contribution in [3.63, 3.8) is 0 Å². The molecule has 7 heteroatoms. The molecule has 0 spiro atoms. The van der Waals surface area contributed by atoms with Crippen LogP contribution in [0.2, 0.25) is 0 Å². The largest absolute Gasteiger partial charge is 0.466 e. The van der Waals surface area contributed by atoms with Crippen LogP contribution in [0.3, 0.4) is 0 Å². The average Bonchev–Trinajstić information content (AvgIpc) is 2.15. The highest BCUT2D eigenvalue weighted by Crippen LogP contribution is 1.96. The van der Waals surface area contributed by atoms with E-state index < -0.39 is 10.4 Å². The van der Waals surface area contributed by atoms with E-state index in [0.717, 1.165) is 7.11 Å². The number of carbonyl (C=O) groups excluding carboxylic acids is 1. The molecule has 14 heavy (non-hydrogen) atoms. The van der Waals surface area contributed by atoms with Crippen molar-refractivity contribution in [3.8, 4) is 0 Å². The summed E-state index contributed by atoms with van der Waals surface area (Å²) in [5.74, 6) is -0.312. The predicted octanol–water partition coefficient (Wildman–Crippen LogP) is 0.561. The normalized spacial score (nSPS) is 9.71. The molecule has 0 aliphatic carbocycles. The second-order valence-corrected chi connectivity index (χ2v) is 3.23. The van der Waals surface area contributed by atoms with Gasteiger partial charge >= 0.3 is 16.4 Å². The van der Waals surface area contributed by atoms with Crippen molar-refractivity contribution in [2.75, 3.05) is 14.2 Å². The van der Waals surface area contributed by atoms with Gasteiger partial charge in [0.1, 0.15) is 0 Å². The van der Waals surface area contributed by atoms with E-state index in [1.54, 1.807) is 0 Å².